The zero-order chi connectivity index (χ0) is 21.9. The van der Waals surface area contributed by atoms with E-state index in [1.807, 2.05) is 29.3 Å². The van der Waals surface area contributed by atoms with Gasteiger partial charge >= 0.3 is 0 Å². The second-order valence-electron chi connectivity index (χ2n) is 8.77. The lowest BCUT2D eigenvalue weighted by Crippen LogP contribution is -2.45. The molecule has 5 rings (SSSR count). The van der Waals surface area contributed by atoms with Gasteiger partial charge in [-0.25, -0.2) is 4.39 Å². The lowest BCUT2D eigenvalue weighted by molar-refractivity contribution is -0.128. The highest BCUT2D eigenvalue weighted by Crippen LogP contribution is 2.28. The predicted molar refractivity (Wildman–Crippen MR) is 127 cm³/mol. The van der Waals surface area contributed by atoms with Gasteiger partial charge in [0.1, 0.15) is 5.83 Å². The van der Waals surface area contributed by atoms with Crippen molar-refractivity contribution in [2.75, 3.05) is 31.5 Å². The molecule has 0 bridgehead atoms. The number of benzene rings is 1. The first kappa shape index (κ1) is 20.6. The molecule has 166 valence electrons. The number of dihydropyridines is 1. The number of allylic oxidation sites excluding steroid dienone is 6. The third-order valence-corrected chi connectivity index (χ3v) is 6.60. The van der Waals surface area contributed by atoms with E-state index in [0.29, 0.717) is 12.6 Å². The maximum absolute atomic E-state index is 13.9. The first-order valence-corrected chi connectivity index (χ1v) is 11.4. The number of hydrogen-bond acceptors (Lipinski definition) is 4. The Hall–Kier alpha value is -3.28. The van der Waals surface area contributed by atoms with Gasteiger partial charge in [0.2, 0.25) is 0 Å². The molecule has 4 aliphatic rings. The number of hydrogen-bond donors (Lipinski definition) is 3. The SMILES string of the molecule is O=C(C1=CC=CNC1)N1CCC(Nc2cc(C3C=C(F)C=CC3)cc3c2=CNCC=3)CC1. The van der Waals surface area contributed by atoms with Crippen molar-refractivity contribution >= 4 is 23.9 Å². The summed E-state index contributed by atoms with van der Waals surface area (Å²) in [6, 6.07) is 4.66. The second-order valence-corrected chi connectivity index (χ2v) is 8.77. The fourth-order valence-electron chi connectivity index (χ4n) is 4.82. The Labute approximate surface area is 187 Å². The lowest BCUT2D eigenvalue weighted by Gasteiger charge is -2.34. The van der Waals surface area contributed by atoms with Gasteiger partial charge < -0.3 is 20.9 Å². The van der Waals surface area contributed by atoms with Crippen LogP contribution in [0.2, 0.25) is 0 Å². The Kier molecular flexibility index (Phi) is 5.84. The van der Waals surface area contributed by atoms with Gasteiger partial charge in [0.15, 0.2) is 0 Å². The Balaban J connectivity index is 1.32. The van der Waals surface area contributed by atoms with Gasteiger partial charge in [-0.3, -0.25) is 4.79 Å². The molecule has 1 fully saturated rings. The molecule has 3 aliphatic heterocycles. The molecule has 1 unspecified atom stereocenters. The summed E-state index contributed by atoms with van der Waals surface area (Å²) >= 11 is 0. The van der Waals surface area contributed by atoms with Crippen molar-refractivity contribution in [3.63, 3.8) is 0 Å². The van der Waals surface area contributed by atoms with E-state index in [1.54, 1.807) is 12.2 Å². The van der Waals surface area contributed by atoms with Crippen molar-refractivity contribution < 1.29 is 9.18 Å². The average molecular weight is 433 g/mol. The summed E-state index contributed by atoms with van der Waals surface area (Å²) < 4.78 is 13.9. The van der Waals surface area contributed by atoms with E-state index in [1.165, 1.54) is 5.22 Å². The average Bonchev–Trinajstić information content (AvgIpc) is 2.84. The van der Waals surface area contributed by atoms with E-state index in [2.05, 4.69) is 40.4 Å². The number of nitrogens with zero attached hydrogens (tertiary/aromatic N) is 1. The number of piperidine rings is 1. The van der Waals surface area contributed by atoms with Crippen LogP contribution in [0.1, 0.15) is 30.7 Å². The third kappa shape index (κ3) is 4.35. The zero-order valence-electron chi connectivity index (χ0n) is 18.1. The molecule has 1 saturated heterocycles. The summed E-state index contributed by atoms with van der Waals surface area (Å²) in [6.07, 6.45) is 17.7. The van der Waals surface area contributed by atoms with Crippen molar-refractivity contribution in [2.24, 2.45) is 0 Å². The standard InChI is InChI=1S/C26H29FN4O/c27-22-5-1-3-18(14-22)21-13-19-6-10-29-17-24(19)25(15-21)30-23-7-11-31(12-8-23)26(32)20-4-2-9-28-16-20/h1-2,4-6,9,13-15,17-18,23,28-30H,3,7-8,10-12,16H2. The van der Waals surface area contributed by atoms with Gasteiger partial charge in [-0.15, -0.1) is 0 Å². The molecule has 0 aromatic heterocycles. The minimum Gasteiger partial charge on any atom is -0.387 e. The zero-order valence-corrected chi connectivity index (χ0v) is 18.1. The van der Waals surface area contributed by atoms with Gasteiger partial charge in [-0.05, 0) is 60.5 Å². The number of anilines is 1. The number of carbonyl (C=O) groups is 1. The van der Waals surface area contributed by atoms with Crippen molar-refractivity contribution in [3.05, 3.63) is 76.1 Å². The van der Waals surface area contributed by atoms with Crippen LogP contribution < -0.4 is 26.4 Å². The number of fused-ring (bicyclic) bond motifs is 1. The smallest absolute Gasteiger partial charge is 0.251 e. The summed E-state index contributed by atoms with van der Waals surface area (Å²) in [5, 5.41) is 12.5. The highest BCUT2D eigenvalue weighted by atomic mass is 19.1. The largest absolute Gasteiger partial charge is 0.387 e. The molecule has 1 aromatic carbocycles. The third-order valence-electron chi connectivity index (χ3n) is 6.60. The van der Waals surface area contributed by atoms with E-state index >= 15 is 0 Å². The summed E-state index contributed by atoms with van der Waals surface area (Å²) in [5.74, 6) is 0.0208. The van der Waals surface area contributed by atoms with Crippen LogP contribution >= 0.6 is 0 Å². The Bertz CT molecular complexity index is 1140. The number of rotatable bonds is 4. The topological polar surface area (TPSA) is 56.4 Å². The van der Waals surface area contributed by atoms with Gasteiger partial charge in [0.25, 0.3) is 5.91 Å². The fourth-order valence-corrected chi connectivity index (χ4v) is 4.82. The van der Waals surface area contributed by atoms with Crippen LogP contribution in [-0.2, 0) is 4.79 Å². The normalized spacial score (nSPS) is 22.4. The molecule has 1 atom stereocenters. The molecule has 3 heterocycles. The van der Waals surface area contributed by atoms with E-state index in [9.17, 15) is 9.18 Å². The molecule has 0 saturated carbocycles. The maximum Gasteiger partial charge on any atom is 0.251 e. The number of amides is 1. The maximum atomic E-state index is 13.9. The second kappa shape index (κ2) is 9.07. The molecule has 6 heteroatoms. The first-order chi connectivity index (χ1) is 15.7. The Morgan fingerprint density at radius 1 is 1.19 bits per heavy atom. The van der Waals surface area contributed by atoms with Crippen LogP contribution in [0, 0.1) is 0 Å². The van der Waals surface area contributed by atoms with Gasteiger partial charge in [0, 0.05) is 60.8 Å². The molecular weight excluding hydrogens is 403 g/mol. The van der Waals surface area contributed by atoms with Crippen LogP contribution in [0.25, 0.3) is 12.3 Å². The van der Waals surface area contributed by atoms with Crippen molar-refractivity contribution in [3.8, 4) is 0 Å². The minimum atomic E-state index is -0.165. The van der Waals surface area contributed by atoms with Crippen LogP contribution in [0.3, 0.4) is 0 Å². The molecular formula is C26H29FN4O. The van der Waals surface area contributed by atoms with Crippen molar-refractivity contribution in [2.45, 2.75) is 31.2 Å². The molecule has 5 nitrogen and oxygen atoms in total. The Morgan fingerprint density at radius 2 is 2.06 bits per heavy atom. The van der Waals surface area contributed by atoms with Gasteiger partial charge in [-0.2, -0.15) is 0 Å². The lowest BCUT2D eigenvalue weighted by atomic mass is 9.90. The molecule has 1 amide bonds. The molecule has 0 radical (unpaired) electrons. The Morgan fingerprint density at radius 3 is 2.84 bits per heavy atom. The van der Waals surface area contributed by atoms with Crippen LogP contribution in [0.5, 0.6) is 0 Å². The number of halogens is 1. The molecule has 32 heavy (non-hydrogen) atoms. The molecule has 1 aromatic rings. The number of nitrogens with one attached hydrogen (secondary N) is 3. The quantitative estimate of drug-likeness (QED) is 0.683. The molecule has 1 aliphatic carbocycles. The summed E-state index contributed by atoms with van der Waals surface area (Å²) in [7, 11) is 0. The van der Waals surface area contributed by atoms with E-state index in [4.69, 9.17) is 0 Å². The summed E-state index contributed by atoms with van der Waals surface area (Å²) in [4.78, 5) is 14.7. The van der Waals surface area contributed by atoms with Crippen molar-refractivity contribution in [1.29, 1.82) is 0 Å². The minimum absolute atomic E-state index is 0.0556. The molecule has 0 spiro atoms. The van der Waals surface area contributed by atoms with Crippen LogP contribution in [0.4, 0.5) is 10.1 Å². The fraction of sp³-hybridized carbons (Fsp3) is 0.346. The van der Waals surface area contributed by atoms with Gasteiger partial charge in [-0.1, -0.05) is 24.3 Å². The monoisotopic (exact) mass is 432 g/mol. The number of carbonyl (C=O) groups excluding carboxylic acids is 1. The van der Waals surface area contributed by atoms with E-state index in [0.717, 1.165) is 60.9 Å². The first-order valence-electron chi connectivity index (χ1n) is 11.4. The highest BCUT2D eigenvalue weighted by molar-refractivity contribution is 5.94. The molecule has 3 N–H and O–H groups in total. The highest BCUT2D eigenvalue weighted by Gasteiger charge is 2.25. The van der Waals surface area contributed by atoms with Gasteiger partial charge in [0.05, 0.1) is 0 Å². The van der Waals surface area contributed by atoms with Crippen LogP contribution in [-0.4, -0.2) is 43.0 Å². The van der Waals surface area contributed by atoms with E-state index < -0.39 is 0 Å². The van der Waals surface area contributed by atoms with Crippen LogP contribution in [0.15, 0.2) is 60.1 Å². The van der Waals surface area contributed by atoms with E-state index in [-0.39, 0.29) is 17.7 Å². The summed E-state index contributed by atoms with van der Waals surface area (Å²) in [6.45, 7) is 2.88. The van der Waals surface area contributed by atoms with Crippen molar-refractivity contribution in [1.82, 2.24) is 15.5 Å². The number of likely N-dealkylation sites (tertiary alicyclic amines) is 1. The predicted octanol–water partition coefficient (Wildman–Crippen LogP) is 2.15. The summed E-state index contributed by atoms with van der Waals surface area (Å²) in [5.41, 5.74) is 3.03.